The number of nitrogens with zero attached hydrogens (tertiary/aromatic N) is 4. The molecular weight excluding hydrogens is 392 g/mol. The van der Waals surface area contributed by atoms with Gasteiger partial charge in [-0.25, -0.2) is 4.79 Å². The molecule has 10 heteroatoms. The highest BCUT2D eigenvalue weighted by atomic mass is 35.5. The van der Waals surface area contributed by atoms with E-state index in [2.05, 4.69) is 10.2 Å². The summed E-state index contributed by atoms with van der Waals surface area (Å²) in [6.07, 6.45) is 0. The average Bonchev–Trinajstić information content (AvgIpc) is 3.14. The summed E-state index contributed by atoms with van der Waals surface area (Å²) >= 11 is 6.73. The monoisotopic (exact) mass is 406 g/mol. The number of carbonyl (C=O) groups is 3. The van der Waals surface area contributed by atoms with Crippen molar-refractivity contribution in [3.05, 3.63) is 35.0 Å². The quantitative estimate of drug-likeness (QED) is 0.484. The second-order valence-electron chi connectivity index (χ2n) is 5.49. The molecule has 0 aliphatic heterocycles. The molecule has 0 aliphatic carbocycles. The standard InChI is InChI=1S/C17H15ClN4O4S/c1-4-26-17(25)13-14(27-10(3)24)16-21(9(2)23)20-15(22(16)19-13)11-5-7-12(18)8-6-11/h5-8H,4H2,1-3H3. The van der Waals surface area contributed by atoms with E-state index in [0.717, 1.165) is 16.4 Å². The first-order valence-electron chi connectivity index (χ1n) is 7.97. The fraction of sp³-hybridized carbons (Fsp3) is 0.235. The molecule has 3 aromatic rings. The molecular formula is C17H15ClN4O4S. The van der Waals surface area contributed by atoms with Gasteiger partial charge in [0, 0.05) is 24.4 Å². The third kappa shape index (κ3) is 3.60. The number of ether oxygens (including phenoxy) is 1. The number of hydrogen-bond donors (Lipinski definition) is 0. The number of esters is 1. The highest BCUT2D eigenvalue weighted by Gasteiger charge is 2.29. The van der Waals surface area contributed by atoms with E-state index in [1.165, 1.54) is 18.4 Å². The van der Waals surface area contributed by atoms with Crippen molar-refractivity contribution in [2.75, 3.05) is 6.61 Å². The summed E-state index contributed by atoms with van der Waals surface area (Å²) in [5.74, 6) is -0.735. The number of rotatable bonds is 4. The Labute approximate surface area is 163 Å². The van der Waals surface area contributed by atoms with E-state index < -0.39 is 5.97 Å². The molecule has 27 heavy (non-hydrogen) atoms. The van der Waals surface area contributed by atoms with Crippen LogP contribution in [0.1, 0.15) is 36.1 Å². The number of thioether (sulfide) groups is 1. The van der Waals surface area contributed by atoms with Gasteiger partial charge < -0.3 is 4.74 Å². The van der Waals surface area contributed by atoms with Crippen molar-refractivity contribution in [3.63, 3.8) is 0 Å². The Bertz CT molecular complexity index is 1060. The summed E-state index contributed by atoms with van der Waals surface area (Å²) in [5, 5.41) is 8.88. The molecule has 0 aliphatic rings. The first-order chi connectivity index (χ1) is 12.8. The molecule has 0 N–H and O–H groups in total. The topological polar surface area (TPSA) is 95.6 Å². The summed E-state index contributed by atoms with van der Waals surface area (Å²) in [5.41, 5.74) is 0.831. The van der Waals surface area contributed by atoms with Crippen LogP contribution in [0, 0.1) is 0 Å². The minimum Gasteiger partial charge on any atom is -0.461 e. The fourth-order valence-electron chi connectivity index (χ4n) is 2.48. The molecule has 0 saturated heterocycles. The van der Waals surface area contributed by atoms with E-state index in [-0.39, 0.29) is 33.9 Å². The highest BCUT2D eigenvalue weighted by molar-refractivity contribution is 8.13. The Morgan fingerprint density at radius 2 is 1.81 bits per heavy atom. The van der Waals surface area contributed by atoms with Crippen LogP contribution in [-0.4, -0.2) is 43.0 Å². The van der Waals surface area contributed by atoms with E-state index in [9.17, 15) is 14.4 Å². The van der Waals surface area contributed by atoms with E-state index >= 15 is 0 Å². The maximum Gasteiger partial charge on any atom is 0.360 e. The first-order valence-corrected chi connectivity index (χ1v) is 9.17. The SMILES string of the molecule is CCOC(=O)c1nn2c(-c3ccc(Cl)cc3)nn(C(C)=O)c2c1SC(C)=O. The molecule has 140 valence electrons. The van der Waals surface area contributed by atoms with Gasteiger partial charge in [-0.05, 0) is 43.0 Å². The van der Waals surface area contributed by atoms with Gasteiger partial charge in [-0.1, -0.05) is 11.6 Å². The van der Waals surface area contributed by atoms with Gasteiger partial charge in [0.2, 0.25) is 5.91 Å². The minimum absolute atomic E-state index is 0.0420. The van der Waals surface area contributed by atoms with Gasteiger partial charge in [-0.3, -0.25) is 9.59 Å². The molecule has 0 atom stereocenters. The molecule has 2 aromatic heterocycles. The normalized spacial score (nSPS) is 11.0. The van der Waals surface area contributed by atoms with E-state index in [1.54, 1.807) is 31.2 Å². The smallest absolute Gasteiger partial charge is 0.360 e. The molecule has 0 unspecified atom stereocenters. The highest BCUT2D eigenvalue weighted by Crippen LogP contribution is 2.32. The van der Waals surface area contributed by atoms with Crippen LogP contribution in [-0.2, 0) is 9.53 Å². The predicted octanol–water partition coefficient (Wildman–Crippen LogP) is 3.33. The van der Waals surface area contributed by atoms with Crippen molar-refractivity contribution in [1.29, 1.82) is 0 Å². The zero-order valence-corrected chi connectivity index (χ0v) is 16.3. The van der Waals surface area contributed by atoms with Gasteiger partial charge in [0.25, 0.3) is 0 Å². The summed E-state index contributed by atoms with van der Waals surface area (Å²) in [7, 11) is 0. The lowest BCUT2D eigenvalue weighted by atomic mass is 10.2. The van der Waals surface area contributed by atoms with Gasteiger partial charge in [0.15, 0.2) is 22.3 Å². The van der Waals surface area contributed by atoms with Gasteiger partial charge in [0.1, 0.15) is 0 Å². The van der Waals surface area contributed by atoms with Crippen LogP contribution in [0.3, 0.4) is 0 Å². The molecule has 0 radical (unpaired) electrons. The van der Waals surface area contributed by atoms with Crippen LogP contribution in [0.25, 0.3) is 17.0 Å². The zero-order valence-electron chi connectivity index (χ0n) is 14.7. The molecule has 0 saturated carbocycles. The lowest BCUT2D eigenvalue weighted by Gasteiger charge is -2.02. The van der Waals surface area contributed by atoms with Crippen molar-refractivity contribution in [3.8, 4) is 11.4 Å². The Balaban J connectivity index is 2.33. The Hall–Kier alpha value is -2.65. The third-order valence-electron chi connectivity index (χ3n) is 3.53. The number of halogens is 1. The first kappa shape index (κ1) is 19.1. The molecule has 8 nitrogen and oxygen atoms in total. The lowest BCUT2D eigenvalue weighted by molar-refractivity contribution is -0.109. The van der Waals surface area contributed by atoms with Crippen molar-refractivity contribution in [2.45, 2.75) is 25.7 Å². The van der Waals surface area contributed by atoms with Gasteiger partial charge in [0.05, 0.1) is 11.5 Å². The molecule has 2 heterocycles. The summed E-state index contributed by atoms with van der Waals surface area (Å²) < 4.78 is 7.52. The number of benzene rings is 1. The number of hydrogen-bond acceptors (Lipinski definition) is 7. The Morgan fingerprint density at radius 1 is 1.15 bits per heavy atom. The van der Waals surface area contributed by atoms with Crippen molar-refractivity contribution in [1.82, 2.24) is 19.4 Å². The van der Waals surface area contributed by atoms with E-state index in [4.69, 9.17) is 16.3 Å². The average molecular weight is 407 g/mol. The molecule has 0 spiro atoms. The predicted molar refractivity (Wildman–Crippen MR) is 100 cm³/mol. The van der Waals surface area contributed by atoms with Crippen LogP contribution >= 0.6 is 23.4 Å². The molecule has 1 aromatic carbocycles. The van der Waals surface area contributed by atoms with Gasteiger partial charge >= 0.3 is 5.97 Å². The van der Waals surface area contributed by atoms with Crippen molar-refractivity contribution >= 4 is 46.0 Å². The molecule has 0 bridgehead atoms. The van der Waals surface area contributed by atoms with E-state index in [0.29, 0.717) is 16.4 Å². The maximum atomic E-state index is 12.3. The van der Waals surface area contributed by atoms with Crippen LogP contribution in [0.15, 0.2) is 29.2 Å². The van der Waals surface area contributed by atoms with Gasteiger partial charge in [-0.2, -0.15) is 14.3 Å². The summed E-state index contributed by atoms with van der Waals surface area (Å²) in [6.45, 7) is 4.51. The van der Waals surface area contributed by atoms with Crippen molar-refractivity contribution < 1.29 is 19.1 Å². The number of carbonyl (C=O) groups excluding carboxylic acids is 3. The lowest BCUT2D eigenvalue weighted by Crippen LogP contribution is -2.10. The number of aromatic nitrogens is 4. The van der Waals surface area contributed by atoms with E-state index in [1.807, 2.05) is 0 Å². The van der Waals surface area contributed by atoms with Crippen LogP contribution < -0.4 is 0 Å². The fourth-order valence-corrected chi connectivity index (χ4v) is 3.38. The third-order valence-corrected chi connectivity index (χ3v) is 4.65. The summed E-state index contributed by atoms with van der Waals surface area (Å²) in [6, 6.07) is 6.79. The second-order valence-corrected chi connectivity index (χ2v) is 7.11. The van der Waals surface area contributed by atoms with Crippen LogP contribution in [0.4, 0.5) is 0 Å². The van der Waals surface area contributed by atoms with Crippen LogP contribution in [0.2, 0.25) is 5.02 Å². The maximum absolute atomic E-state index is 12.3. The molecule has 0 fully saturated rings. The molecule has 0 amide bonds. The van der Waals surface area contributed by atoms with Crippen molar-refractivity contribution in [2.24, 2.45) is 0 Å². The van der Waals surface area contributed by atoms with Gasteiger partial charge in [-0.15, -0.1) is 5.10 Å². The summed E-state index contributed by atoms with van der Waals surface area (Å²) in [4.78, 5) is 36.4. The van der Waals surface area contributed by atoms with Crippen LogP contribution in [0.5, 0.6) is 0 Å². The minimum atomic E-state index is -0.679. The second kappa shape index (κ2) is 7.53. The number of fused-ring (bicyclic) bond motifs is 1. The largest absolute Gasteiger partial charge is 0.461 e. The molecule has 3 rings (SSSR count). The Kier molecular flexibility index (Phi) is 5.33. The Morgan fingerprint density at radius 3 is 2.37 bits per heavy atom. The zero-order chi connectivity index (χ0) is 19.7.